The van der Waals surface area contributed by atoms with Gasteiger partial charge >= 0.3 is 8.56 Å². The van der Waals surface area contributed by atoms with Gasteiger partial charge in [0.1, 0.15) is 7.22 Å². The van der Waals surface area contributed by atoms with E-state index in [2.05, 4.69) is 44.7 Å². The van der Waals surface area contributed by atoms with Crippen molar-refractivity contribution < 1.29 is 8.85 Å². The van der Waals surface area contributed by atoms with Crippen molar-refractivity contribution in [2.24, 2.45) is 0 Å². The Balaban J connectivity index is 2.71. The van der Waals surface area contributed by atoms with E-state index >= 15 is 0 Å². The van der Waals surface area contributed by atoms with Gasteiger partial charge in [0.15, 0.2) is 0 Å². The number of rotatable bonds is 1. The third-order valence-electron chi connectivity index (χ3n) is 4.43. The van der Waals surface area contributed by atoms with Crippen LogP contribution >= 0.6 is 11.2 Å². The minimum absolute atomic E-state index is 0.443. The maximum Gasteiger partial charge on any atom is 0.334 e. The molecular formula is C12H28O2SSi2. The highest BCUT2D eigenvalue weighted by molar-refractivity contribution is 8.29. The Kier molecular flexibility index (Phi) is 5.36. The summed E-state index contributed by atoms with van der Waals surface area (Å²) in [7, 11) is -1.24. The first kappa shape index (κ1) is 15.8. The van der Waals surface area contributed by atoms with Crippen LogP contribution in [0.15, 0.2) is 0 Å². The lowest BCUT2D eigenvalue weighted by Crippen LogP contribution is -2.42. The summed E-state index contributed by atoms with van der Waals surface area (Å²) in [6.07, 6.45) is 2.42. The predicted octanol–water partition coefficient (Wildman–Crippen LogP) is 4.23. The third kappa shape index (κ3) is 4.09. The molecular weight excluding hydrogens is 264 g/mol. The van der Waals surface area contributed by atoms with E-state index in [4.69, 9.17) is 8.85 Å². The third-order valence-corrected chi connectivity index (χ3v) is 16.5. The Labute approximate surface area is 113 Å². The van der Waals surface area contributed by atoms with Crippen molar-refractivity contribution in [2.45, 2.75) is 57.4 Å². The van der Waals surface area contributed by atoms with E-state index in [0.29, 0.717) is 5.04 Å². The molecule has 1 rings (SSSR count). The van der Waals surface area contributed by atoms with Crippen LogP contribution in [0.5, 0.6) is 0 Å². The van der Waals surface area contributed by atoms with Gasteiger partial charge in [0.2, 0.25) is 0 Å². The van der Waals surface area contributed by atoms with E-state index in [9.17, 15) is 0 Å². The monoisotopic (exact) mass is 292 g/mol. The van der Waals surface area contributed by atoms with Crippen molar-refractivity contribution in [2.75, 3.05) is 19.5 Å². The largest absolute Gasteiger partial charge is 0.398 e. The molecule has 1 heterocycles. The van der Waals surface area contributed by atoms with Crippen LogP contribution in [0.3, 0.4) is 0 Å². The normalized spacial score (nSPS) is 34.2. The van der Waals surface area contributed by atoms with E-state index < -0.39 is 15.8 Å². The molecule has 0 aromatic rings. The highest BCUT2D eigenvalue weighted by Crippen LogP contribution is 2.47. The molecule has 0 aromatic heterocycles. The van der Waals surface area contributed by atoms with E-state index in [-0.39, 0.29) is 0 Å². The Hall–Kier alpha value is 0.704. The molecule has 17 heavy (non-hydrogen) atoms. The average Bonchev–Trinajstić information content (AvgIpc) is 2.23. The summed E-state index contributed by atoms with van der Waals surface area (Å²) in [5.74, 6) is 1.28. The fourth-order valence-electron chi connectivity index (χ4n) is 1.97. The van der Waals surface area contributed by atoms with Crippen LogP contribution in [0.25, 0.3) is 0 Å². The molecule has 1 aliphatic rings. The van der Waals surface area contributed by atoms with E-state index in [0.717, 1.165) is 12.7 Å². The van der Waals surface area contributed by atoms with Crippen LogP contribution in [-0.4, -0.2) is 35.3 Å². The zero-order valence-electron chi connectivity index (χ0n) is 12.3. The average molecular weight is 293 g/mol. The van der Waals surface area contributed by atoms with Gasteiger partial charge in [-0.25, -0.2) is 0 Å². The maximum atomic E-state index is 6.11. The molecule has 1 unspecified atom stereocenters. The molecule has 0 aromatic carbocycles. The van der Waals surface area contributed by atoms with E-state index in [1.165, 1.54) is 18.6 Å². The van der Waals surface area contributed by atoms with Crippen LogP contribution in [0.1, 0.15) is 26.7 Å². The fraction of sp³-hybridized carbons (Fsp3) is 1.00. The summed E-state index contributed by atoms with van der Waals surface area (Å²) in [4.78, 5) is 0. The Bertz CT molecular complexity index is 259. The first-order chi connectivity index (χ1) is 7.72. The molecule has 0 bridgehead atoms. The minimum atomic E-state index is -1.85. The molecule has 1 aliphatic heterocycles. The molecule has 0 saturated carbocycles. The van der Waals surface area contributed by atoms with Crippen molar-refractivity contribution >= 4 is 27.0 Å². The highest BCUT2D eigenvalue weighted by Gasteiger charge is 2.41. The lowest BCUT2D eigenvalue weighted by atomic mass is 10.1. The predicted molar refractivity (Wildman–Crippen MR) is 82.6 cm³/mol. The molecule has 0 radical (unpaired) electrons. The van der Waals surface area contributed by atoms with Crippen molar-refractivity contribution in [3.05, 3.63) is 0 Å². The van der Waals surface area contributed by atoms with Gasteiger partial charge in [-0.15, -0.1) is 0 Å². The number of hydrogen-bond donors (Lipinski definition) is 0. The van der Waals surface area contributed by atoms with Crippen LogP contribution in [-0.2, 0) is 8.85 Å². The van der Waals surface area contributed by atoms with Crippen molar-refractivity contribution in [1.82, 2.24) is 0 Å². The topological polar surface area (TPSA) is 18.5 Å². The smallest absolute Gasteiger partial charge is 0.334 e. The Morgan fingerprint density at radius 3 is 2.47 bits per heavy atom. The van der Waals surface area contributed by atoms with Crippen molar-refractivity contribution in [3.8, 4) is 0 Å². The molecule has 0 aliphatic carbocycles. The summed E-state index contributed by atoms with van der Waals surface area (Å²) < 4.78 is 11.8. The Morgan fingerprint density at radius 1 is 1.24 bits per heavy atom. The lowest BCUT2D eigenvalue weighted by Gasteiger charge is -2.41. The van der Waals surface area contributed by atoms with Gasteiger partial charge in [0.05, 0.1) is 0 Å². The zero-order valence-corrected chi connectivity index (χ0v) is 15.1. The molecule has 1 fully saturated rings. The highest BCUT2D eigenvalue weighted by atomic mass is 32.4. The molecule has 0 amide bonds. The summed E-state index contributed by atoms with van der Waals surface area (Å²) >= 11 is 2.25. The second-order valence-electron chi connectivity index (χ2n) is 6.28. The molecule has 102 valence electrons. The quantitative estimate of drug-likeness (QED) is 0.674. The van der Waals surface area contributed by atoms with Gasteiger partial charge in [-0.2, -0.15) is 11.2 Å². The second-order valence-corrected chi connectivity index (χ2v) is 18.7. The van der Waals surface area contributed by atoms with Gasteiger partial charge in [0, 0.05) is 13.7 Å². The minimum Gasteiger partial charge on any atom is -0.398 e. The van der Waals surface area contributed by atoms with Crippen LogP contribution in [0.2, 0.25) is 30.7 Å². The molecule has 5 heteroatoms. The standard InChI is InChI=1S/C12H28O2SSi2/c1-12(2)8-9-14-17(6,13-3)11-7-10-15-16(12,4)5/h7-11H2,1-6H3. The van der Waals surface area contributed by atoms with Crippen LogP contribution < -0.4 is 0 Å². The van der Waals surface area contributed by atoms with Gasteiger partial charge in [-0.05, 0) is 36.2 Å². The van der Waals surface area contributed by atoms with Gasteiger partial charge < -0.3 is 8.85 Å². The summed E-state index contributed by atoms with van der Waals surface area (Å²) in [5.41, 5.74) is 0. The first-order valence-electron chi connectivity index (χ1n) is 6.56. The first-order valence-corrected chi connectivity index (χ1v) is 13.8. The van der Waals surface area contributed by atoms with Gasteiger partial charge in [-0.3, -0.25) is 0 Å². The zero-order chi connectivity index (χ0) is 13.2. The molecule has 1 saturated heterocycles. The van der Waals surface area contributed by atoms with E-state index in [1.807, 2.05) is 7.11 Å². The van der Waals surface area contributed by atoms with Crippen LogP contribution in [0.4, 0.5) is 0 Å². The summed E-state index contributed by atoms with van der Waals surface area (Å²) in [5, 5.41) is 0.443. The lowest BCUT2D eigenvalue weighted by molar-refractivity contribution is 0.194. The van der Waals surface area contributed by atoms with Gasteiger partial charge in [0.25, 0.3) is 0 Å². The molecule has 2 nitrogen and oxygen atoms in total. The van der Waals surface area contributed by atoms with Crippen LogP contribution in [0, 0.1) is 0 Å². The fourth-order valence-corrected chi connectivity index (χ4v) is 9.38. The van der Waals surface area contributed by atoms with Gasteiger partial charge in [-0.1, -0.05) is 26.9 Å². The summed E-state index contributed by atoms with van der Waals surface area (Å²) in [6, 6.07) is 1.14. The summed E-state index contributed by atoms with van der Waals surface area (Å²) in [6.45, 7) is 12.9. The maximum absolute atomic E-state index is 6.11. The number of hydrogen-bond acceptors (Lipinski definition) is 3. The van der Waals surface area contributed by atoms with Crippen molar-refractivity contribution in [3.63, 3.8) is 0 Å². The SMILES string of the molecule is CO[Si]1(C)CCCS[Si](C)(C)C(C)(C)CCO1. The van der Waals surface area contributed by atoms with E-state index in [1.54, 1.807) is 0 Å². The van der Waals surface area contributed by atoms with Crippen molar-refractivity contribution in [1.29, 1.82) is 0 Å². The molecule has 0 spiro atoms. The molecule has 0 N–H and O–H groups in total. The second kappa shape index (κ2) is 5.78. The Morgan fingerprint density at radius 2 is 1.88 bits per heavy atom. The molecule has 1 atom stereocenters.